The topological polar surface area (TPSA) is 32.4 Å². The summed E-state index contributed by atoms with van der Waals surface area (Å²) in [6.07, 6.45) is 3.29. The Morgan fingerprint density at radius 1 is 1.31 bits per heavy atom. The second-order valence-corrected chi connectivity index (χ2v) is 4.88. The molecule has 0 bridgehead atoms. The maximum Gasteiger partial charge on any atom is 0.0802 e. The Morgan fingerprint density at radius 2 is 2.12 bits per heavy atom. The number of nitrogens with one attached hydrogen (secondary N) is 1. The van der Waals surface area contributed by atoms with Crippen LogP contribution in [0.2, 0.25) is 0 Å². The van der Waals surface area contributed by atoms with Gasteiger partial charge in [-0.2, -0.15) is 0 Å². The van der Waals surface area contributed by atoms with Crippen molar-refractivity contribution in [2.45, 2.75) is 33.2 Å². The van der Waals surface area contributed by atoms with Crippen molar-refractivity contribution in [3.8, 4) is 0 Å². The van der Waals surface area contributed by atoms with E-state index in [0.717, 1.165) is 6.42 Å². The van der Waals surface area contributed by atoms with Gasteiger partial charge in [0.2, 0.25) is 0 Å². The predicted octanol–water partition coefficient (Wildman–Crippen LogP) is 1.99. The Hall–Kier alpha value is -1.28. The Labute approximate surface area is 97.1 Å². The molecule has 0 spiro atoms. The summed E-state index contributed by atoms with van der Waals surface area (Å²) in [7, 11) is 0. The van der Waals surface area contributed by atoms with Gasteiger partial charge in [0, 0.05) is 23.5 Å². The van der Waals surface area contributed by atoms with Crippen LogP contribution in [0.5, 0.6) is 0 Å². The number of aromatic amines is 1. The number of hydrogen-bond acceptors (Lipinski definition) is 0. The van der Waals surface area contributed by atoms with Crippen molar-refractivity contribution >= 4 is 10.9 Å². The molecule has 0 radical (unpaired) electrons. The summed E-state index contributed by atoms with van der Waals surface area (Å²) in [5.74, 6) is 0. The number of aryl methyl sites for hydroxylation is 1. The molecular formula is C14H21N2+. The fourth-order valence-electron chi connectivity index (χ4n) is 2.07. The van der Waals surface area contributed by atoms with Gasteiger partial charge in [0.1, 0.15) is 0 Å². The molecule has 1 heterocycles. The maximum atomic E-state index is 3.34. The summed E-state index contributed by atoms with van der Waals surface area (Å²) in [5, 5.41) is 3.77. The molecule has 2 nitrogen and oxygen atoms in total. The molecule has 0 aliphatic carbocycles. The average Bonchev–Trinajstić information content (AvgIpc) is 2.60. The van der Waals surface area contributed by atoms with Crippen molar-refractivity contribution in [1.82, 2.24) is 4.98 Å². The highest BCUT2D eigenvalue weighted by Gasteiger charge is 2.05. The molecule has 1 aromatic carbocycles. The number of H-pyrrole nitrogens is 1. The van der Waals surface area contributed by atoms with Crippen LogP contribution >= 0.6 is 0 Å². The molecule has 0 saturated heterocycles. The molecule has 0 fully saturated rings. The van der Waals surface area contributed by atoms with Crippen LogP contribution in [0.25, 0.3) is 10.9 Å². The molecule has 16 heavy (non-hydrogen) atoms. The third-order valence-electron chi connectivity index (χ3n) is 2.97. The smallest absolute Gasteiger partial charge is 0.0802 e. The highest BCUT2D eigenvalue weighted by atomic mass is 14.9. The maximum absolute atomic E-state index is 3.34. The van der Waals surface area contributed by atoms with Gasteiger partial charge in [0.25, 0.3) is 0 Å². The molecular weight excluding hydrogens is 196 g/mol. The second-order valence-electron chi connectivity index (χ2n) is 4.88. The van der Waals surface area contributed by atoms with Gasteiger partial charge in [-0.25, -0.2) is 0 Å². The first-order valence-corrected chi connectivity index (χ1v) is 6.07. The van der Waals surface area contributed by atoms with E-state index in [1.54, 1.807) is 0 Å². The predicted molar refractivity (Wildman–Crippen MR) is 68.7 cm³/mol. The monoisotopic (exact) mass is 217 g/mol. The van der Waals surface area contributed by atoms with E-state index in [-0.39, 0.29) is 0 Å². The van der Waals surface area contributed by atoms with E-state index in [1.807, 2.05) is 0 Å². The van der Waals surface area contributed by atoms with Crippen LogP contribution in [0.4, 0.5) is 0 Å². The lowest BCUT2D eigenvalue weighted by Crippen LogP contribution is -2.88. The average molecular weight is 217 g/mol. The number of aromatic nitrogens is 1. The molecule has 1 aromatic heterocycles. The van der Waals surface area contributed by atoms with Gasteiger partial charge in [-0.1, -0.05) is 11.6 Å². The van der Waals surface area contributed by atoms with E-state index >= 15 is 0 Å². The number of nitrogens with two attached hydrogens (primary N) is 1. The summed E-state index contributed by atoms with van der Waals surface area (Å²) in [6, 6.07) is 7.28. The van der Waals surface area contributed by atoms with E-state index in [1.165, 1.54) is 28.6 Å². The third kappa shape index (κ3) is 2.45. The normalized spacial score (nSPS) is 11.5. The minimum absolute atomic E-state index is 0.687. The van der Waals surface area contributed by atoms with Crippen LogP contribution in [0, 0.1) is 6.92 Å². The van der Waals surface area contributed by atoms with E-state index in [0.29, 0.717) is 6.04 Å². The first-order valence-electron chi connectivity index (χ1n) is 6.07. The van der Waals surface area contributed by atoms with Gasteiger partial charge in [-0.05, 0) is 38.5 Å². The number of quaternary nitrogens is 1. The Bertz CT molecular complexity index is 469. The molecule has 2 rings (SSSR count). The summed E-state index contributed by atoms with van der Waals surface area (Å²) >= 11 is 0. The zero-order valence-electron chi connectivity index (χ0n) is 10.4. The van der Waals surface area contributed by atoms with E-state index in [9.17, 15) is 0 Å². The standard InChI is InChI=1S/C14H20N2/c1-10(2)15-7-6-12-9-16-14-5-4-11(3)8-13(12)14/h4-5,8-10,15-16H,6-7H2,1-3H3/p+1. The molecule has 2 aromatic rings. The lowest BCUT2D eigenvalue weighted by atomic mass is 10.1. The molecule has 0 amide bonds. The largest absolute Gasteiger partial charge is 0.361 e. The molecule has 2 heteroatoms. The Morgan fingerprint density at radius 3 is 2.88 bits per heavy atom. The molecule has 3 N–H and O–H groups in total. The van der Waals surface area contributed by atoms with Crippen LogP contribution in [0.3, 0.4) is 0 Å². The molecule has 0 saturated carbocycles. The zero-order chi connectivity index (χ0) is 11.5. The van der Waals surface area contributed by atoms with Crippen molar-refractivity contribution in [1.29, 1.82) is 0 Å². The summed E-state index contributed by atoms with van der Waals surface area (Å²) in [5.41, 5.74) is 4.03. The van der Waals surface area contributed by atoms with Crippen LogP contribution in [0.15, 0.2) is 24.4 Å². The lowest BCUT2D eigenvalue weighted by Gasteiger charge is -2.04. The number of hydrogen-bond donors (Lipinski definition) is 2. The fourth-order valence-corrected chi connectivity index (χ4v) is 2.07. The number of rotatable bonds is 4. The van der Waals surface area contributed by atoms with Gasteiger partial charge in [-0.3, -0.25) is 0 Å². The first kappa shape index (κ1) is 11.2. The fraction of sp³-hybridized carbons (Fsp3) is 0.429. The van der Waals surface area contributed by atoms with Gasteiger partial charge in [-0.15, -0.1) is 0 Å². The zero-order valence-corrected chi connectivity index (χ0v) is 10.4. The highest BCUT2D eigenvalue weighted by molar-refractivity contribution is 5.83. The van der Waals surface area contributed by atoms with Crippen molar-refractivity contribution < 1.29 is 5.32 Å². The molecule has 0 unspecified atom stereocenters. The Balaban J connectivity index is 2.15. The van der Waals surface area contributed by atoms with Gasteiger partial charge < -0.3 is 10.3 Å². The minimum atomic E-state index is 0.687. The van der Waals surface area contributed by atoms with Gasteiger partial charge in [0.05, 0.1) is 12.6 Å². The lowest BCUT2D eigenvalue weighted by molar-refractivity contribution is -0.682. The molecule has 0 aliphatic rings. The van der Waals surface area contributed by atoms with Gasteiger partial charge in [0.15, 0.2) is 0 Å². The van der Waals surface area contributed by atoms with Crippen LogP contribution < -0.4 is 5.32 Å². The van der Waals surface area contributed by atoms with Crippen LogP contribution in [-0.4, -0.2) is 17.6 Å². The van der Waals surface area contributed by atoms with Crippen molar-refractivity contribution in [3.63, 3.8) is 0 Å². The SMILES string of the molecule is Cc1ccc2[nH]cc(CC[NH2+]C(C)C)c2c1. The summed E-state index contributed by atoms with van der Waals surface area (Å²) in [4.78, 5) is 3.34. The number of benzene rings is 1. The van der Waals surface area contributed by atoms with Crippen molar-refractivity contribution in [3.05, 3.63) is 35.5 Å². The summed E-state index contributed by atoms with van der Waals surface area (Å²) in [6.45, 7) is 7.79. The molecule has 0 aliphatic heterocycles. The molecule has 0 atom stereocenters. The second kappa shape index (κ2) is 4.71. The van der Waals surface area contributed by atoms with Crippen LogP contribution in [-0.2, 0) is 6.42 Å². The van der Waals surface area contributed by atoms with Crippen LogP contribution in [0.1, 0.15) is 25.0 Å². The highest BCUT2D eigenvalue weighted by Crippen LogP contribution is 2.19. The van der Waals surface area contributed by atoms with E-state index in [2.05, 4.69) is 55.5 Å². The number of fused-ring (bicyclic) bond motifs is 1. The van der Waals surface area contributed by atoms with Crippen molar-refractivity contribution in [2.24, 2.45) is 0 Å². The van der Waals surface area contributed by atoms with E-state index in [4.69, 9.17) is 0 Å². The third-order valence-corrected chi connectivity index (χ3v) is 2.97. The minimum Gasteiger partial charge on any atom is -0.361 e. The Kier molecular flexibility index (Phi) is 3.30. The first-order chi connectivity index (χ1) is 7.66. The van der Waals surface area contributed by atoms with E-state index < -0.39 is 0 Å². The summed E-state index contributed by atoms with van der Waals surface area (Å²) < 4.78 is 0. The quantitative estimate of drug-likeness (QED) is 0.785. The van der Waals surface area contributed by atoms with Gasteiger partial charge >= 0.3 is 0 Å². The van der Waals surface area contributed by atoms with Crippen molar-refractivity contribution in [2.75, 3.05) is 6.54 Å². The molecule has 86 valence electrons.